The number of carbonyl (C=O) groups is 1. The molecule has 0 spiro atoms. The third-order valence-electron chi connectivity index (χ3n) is 3.33. The molecule has 0 amide bonds. The molecular weight excluding hydrogens is 359 g/mol. The molecular formula is C16H14F3NO4S. The average molecular weight is 373 g/mol. The molecule has 9 heteroatoms. The van der Waals surface area contributed by atoms with E-state index in [-0.39, 0.29) is 0 Å². The fraction of sp³-hybridized carbons (Fsp3) is 0.188. The van der Waals surface area contributed by atoms with Crippen LogP contribution in [0.4, 0.5) is 13.2 Å². The van der Waals surface area contributed by atoms with Crippen LogP contribution in [0.2, 0.25) is 0 Å². The summed E-state index contributed by atoms with van der Waals surface area (Å²) >= 11 is 0. The fourth-order valence-corrected chi connectivity index (χ4v) is 3.23. The molecule has 0 heterocycles. The van der Waals surface area contributed by atoms with Crippen molar-refractivity contribution in [1.29, 1.82) is 0 Å². The molecule has 0 saturated heterocycles. The molecule has 0 radical (unpaired) electrons. The van der Waals surface area contributed by atoms with Crippen molar-refractivity contribution in [2.24, 2.45) is 0 Å². The van der Waals surface area contributed by atoms with E-state index in [1.165, 1.54) is 12.1 Å². The van der Waals surface area contributed by atoms with Crippen molar-refractivity contribution < 1.29 is 31.1 Å². The van der Waals surface area contributed by atoms with Gasteiger partial charge >= 0.3 is 12.1 Å². The zero-order valence-corrected chi connectivity index (χ0v) is 13.8. The van der Waals surface area contributed by atoms with Crippen LogP contribution in [0.15, 0.2) is 59.5 Å². The number of halogens is 3. The maximum Gasteiger partial charge on any atom is 0.416 e. The predicted molar refractivity (Wildman–Crippen MR) is 83.0 cm³/mol. The smallest absolute Gasteiger partial charge is 0.416 e. The maximum absolute atomic E-state index is 12.6. The molecule has 0 fully saturated rings. The van der Waals surface area contributed by atoms with E-state index < -0.39 is 38.7 Å². The van der Waals surface area contributed by atoms with E-state index in [9.17, 15) is 26.4 Å². The number of alkyl halides is 3. The van der Waals surface area contributed by atoms with Gasteiger partial charge in [-0.2, -0.15) is 17.9 Å². The van der Waals surface area contributed by atoms with E-state index in [1.807, 2.05) is 0 Å². The third-order valence-corrected chi connectivity index (χ3v) is 4.77. The lowest BCUT2D eigenvalue weighted by Gasteiger charge is -2.17. The molecule has 2 aromatic carbocycles. The van der Waals surface area contributed by atoms with Crippen LogP contribution in [-0.2, 0) is 25.7 Å². The highest BCUT2D eigenvalue weighted by molar-refractivity contribution is 7.89. The van der Waals surface area contributed by atoms with E-state index in [2.05, 4.69) is 9.46 Å². The highest BCUT2D eigenvalue weighted by atomic mass is 32.2. The Balaban J connectivity index is 2.33. The third kappa shape index (κ3) is 4.58. The zero-order chi connectivity index (χ0) is 18.7. The van der Waals surface area contributed by atoms with Crippen LogP contribution in [0.3, 0.4) is 0 Å². The first-order chi connectivity index (χ1) is 11.6. The standard InChI is InChI=1S/C16H14F3NO4S/c1-24-15(21)14(11-5-3-2-4-6-11)20-25(22,23)13-9-7-12(8-10-13)16(17,18)19/h2-10,14,20H,1H3/t14-/m1/s1. The van der Waals surface area contributed by atoms with E-state index in [1.54, 1.807) is 18.2 Å². The second kappa shape index (κ2) is 7.24. The van der Waals surface area contributed by atoms with Crippen LogP contribution in [0.5, 0.6) is 0 Å². The second-order valence-electron chi connectivity index (χ2n) is 5.01. The summed E-state index contributed by atoms with van der Waals surface area (Å²) in [5, 5.41) is 0. The van der Waals surface area contributed by atoms with Crippen LogP contribution in [0, 0.1) is 0 Å². The number of methoxy groups -OCH3 is 1. The Labute approximate surface area is 142 Å². The van der Waals surface area contributed by atoms with Gasteiger partial charge in [0.1, 0.15) is 6.04 Å². The van der Waals surface area contributed by atoms with E-state index in [4.69, 9.17) is 0 Å². The summed E-state index contributed by atoms with van der Waals surface area (Å²) in [6, 6.07) is 9.59. The Morgan fingerprint density at radius 1 is 1.04 bits per heavy atom. The lowest BCUT2D eigenvalue weighted by Crippen LogP contribution is -2.34. The molecule has 1 atom stereocenters. The van der Waals surface area contributed by atoms with Gasteiger partial charge in [-0.15, -0.1) is 0 Å². The monoisotopic (exact) mass is 373 g/mol. The topological polar surface area (TPSA) is 72.5 Å². The van der Waals surface area contributed by atoms with Gasteiger partial charge in [0.15, 0.2) is 0 Å². The molecule has 0 aliphatic carbocycles. The Bertz CT molecular complexity index is 834. The van der Waals surface area contributed by atoms with Crippen molar-refractivity contribution in [1.82, 2.24) is 4.72 Å². The molecule has 1 N–H and O–H groups in total. The number of rotatable bonds is 5. The first kappa shape index (κ1) is 18.9. The van der Waals surface area contributed by atoms with Gasteiger partial charge in [-0.3, -0.25) is 0 Å². The highest BCUT2D eigenvalue weighted by Gasteiger charge is 2.32. The summed E-state index contributed by atoms with van der Waals surface area (Å²) < 4.78 is 69.3. The van der Waals surface area contributed by atoms with Gasteiger partial charge in [0.2, 0.25) is 10.0 Å². The average Bonchev–Trinajstić information content (AvgIpc) is 2.59. The van der Waals surface area contributed by atoms with Crippen molar-refractivity contribution in [3.05, 3.63) is 65.7 Å². The molecule has 0 aromatic heterocycles. The molecule has 134 valence electrons. The first-order valence-corrected chi connectivity index (χ1v) is 8.46. The summed E-state index contributed by atoms with van der Waals surface area (Å²) in [5.74, 6) is -0.846. The van der Waals surface area contributed by atoms with Gasteiger partial charge < -0.3 is 4.74 Å². The molecule has 0 unspecified atom stereocenters. The number of sulfonamides is 1. The Morgan fingerprint density at radius 2 is 1.60 bits per heavy atom. The zero-order valence-electron chi connectivity index (χ0n) is 12.9. The number of ether oxygens (including phenoxy) is 1. The molecule has 2 rings (SSSR count). The Morgan fingerprint density at radius 3 is 2.08 bits per heavy atom. The van der Waals surface area contributed by atoms with Crippen LogP contribution < -0.4 is 4.72 Å². The number of nitrogens with one attached hydrogen (secondary N) is 1. The maximum atomic E-state index is 12.6. The number of benzene rings is 2. The van der Waals surface area contributed by atoms with Crippen molar-refractivity contribution in [2.45, 2.75) is 17.1 Å². The number of hydrogen-bond donors (Lipinski definition) is 1. The van der Waals surface area contributed by atoms with Gasteiger partial charge in [0.25, 0.3) is 0 Å². The quantitative estimate of drug-likeness (QED) is 0.818. The Hall–Kier alpha value is -2.39. The minimum absolute atomic E-state index is 0.338. The minimum atomic E-state index is -4.58. The lowest BCUT2D eigenvalue weighted by atomic mass is 10.1. The van der Waals surface area contributed by atoms with Crippen LogP contribution in [0.25, 0.3) is 0 Å². The highest BCUT2D eigenvalue weighted by Crippen LogP contribution is 2.30. The van der Waals surface area contributed by atoms with Crippen LogP contribution >= 0.6 is 0 Å². The SMILES string of the molecule is COC(=O)[C@H](NS(=O)(=O)c1ccc(C(F)(F)F)cc1)c1ccccc1. The van der Waals surface area contributed by atoms with Crippen molar-refractivity contribution in [3.8, 4) is 0 Å². The fourth-order valence-electron chi connectivity index (χ4n) is 2.06. The van der Waals surface area contributed by atoms with Gasteiger partial charge in [-0.1, -0.05) is 30.3 Å². The molecule has 0 aliphatic heterocycles. The van der Waals surface area contributed by atoms with Crippen LogP contribution in [0.1, 0.15) is 17.2 Å². The molecule has 0 aliphatic rings. The summed E-state index contributed by atoms with van der Waals surface area (Å²) in [5.41, 5.74) is -0.635. The van der Waals surface area contributed by atoms with Gasteiger partial charge in [0.05, 0.1) is 17.6 Å². The predicted octanol–water partition coefficient (Wildman–Crippen LogP) is 2.90. The largest absolute Gasteiger partial charge is 0.468 e. The normalized spacial score (nSPS) is 13.3. The van der Waals surface area contributed by atoms with E-state index in [0.29, 0.717) is 17.7 Å². The molecule has 5 nitrogen and oxygen atoms in total. The number of hydrogen-bond acceptors (Lipinski definition) is 4. The molecule has 2 aromatic rings. The van der Waals surface area contributed by atoms with Gasteiger partial charge in [-0.25, -0.2) is 13.2 Å². The number of carbonyl (C=O) groups excluding carboxylic acids is 1. The van der Waals surface area contributed by atoms with Crippen molar-refractivity contribution in [3.63, 3.8) is 0 Å². The van der Waals surface area contributed by atoms with Crippen LogP contribution in [-0.4, -0.2) is 21.5 Å². The summed E-state index contributed by atoms with van der Waals surface area (Å²) in [7, 11) is -3.14. The molecule has 25 heavy (non-hydrogen) atoms. The minimum Gasteiger partial charge on any atom is -0.468 e. The molecule has 0 saturated carbocycles. The molecule has 0 bridgehead atoms. The summed E-state index contributed by atoms with van der Waals surface area (Å²) in [6.07, 6.45) is -4.58. The van der Waals surface area contributed by atoms with Crippen molar-refractivity contribution >= 4 is 16.0 Å². The summed E-state index contributed by atoms with van der Waals surface area (Å²) in [4.78, 5) is 11.5. The van der Waals surface area contributed by atoms with E-state index >= 15 is 0 Å². The second-order valence-corrected chi connectivity index (χ2v) is 6.72. The van der Waals surface area contributed by atoms with E-state index in [0.717, 1.165) is 19.2 Å². The van der Waals surface area contributed by atoms with Crippen molar-refractivity contribution in [2.75, 3.05) is 7.11 Å². The Kier molecular flexibility index (Phi) is 5.48. The van der Waals surface area contributed by atoms with Gasteiger partial charge in [-0.05, 0) is 29.8 Å². The first-order valence-electron chi connectivity index (χ1n) is 6.97. The summed E-state index contributed by atoms with van der Waals surface area (Å²) in [6.45, 7) is 0. The number of esters is 1. The lowest BCUT2D eigenvalue weighted by molar-refractivity contribution is -0.142. The van der Waals surface area contributed by atoms with Gasteiger partial charge in [0, 0.05) is 0 Å².